The zero-order valence-electron chi connectivity index (χ0n) is 23.1. The molecule has 0 saturated carbocycles. The summed E-state index contributed by atoms with van der Waals surface area (Å²) < 4.78 is 0. The molecule has 0 aliphatic carbocycles. The highest BCUT2D eigenvalue weighted by molar-refractivity contribution is 8.01. The third-order valence-corrected chi connectivity index (χ3v) is 9.36. The van der Waals surface area contributed by atoms with Gasteiger partial charge in [0.05, 0.1) is 0 Å². The Labute approximate surface area is 270 Å². The van der Waals surface area contributed by atoms with E-state index in [1.165, 1.54) is 29.3 Å². The number of anilines is 3. The van der Waals surface area contributed by atoms with Gasteiger partial charge in [-0.1, -0.05) is 23.0 Å². The number of nitrogen functional groups attached to an aromatic ring is 3. The summed E-state index contributed by atoms with van der Waals surface area (Å²) in [6.07, 6.45) is -1.83. The van der Waals surface area contributed by atoms with Gasteiger partial charge in [0.1, 0.15) is 34.4 Å². The number of carbonyl (C=O) groups is 4. The predicted octanol–water partition coefficient (Wildman–Crippen LogP) is 0.168. The number of thioether (sulfide) groups is 2. The average Bonchev–Trinajstić information content (AvgIpc) is 3.42. The zero-order valence-corrected chi connectivity index (χ0v) is 25.5. The SMILES string of the molecule is Nc1cc(N)nc(SCC2=C(C(=O)O)N3C(=O)C(NC(=O)/C(=N\OC(C(=O)O)c4ccc(O)c(O)c4)c4csc(N)n4)[C@H]3SC2)n1. The Kier molecular flexibility index (Phi) is 9.07. The molecular formula is C25H23N9O9S3. The summed E-state index contributed by atoms with van der Waals surface area (Å²) in [6, 6.07) is 3.36. The number of rotatable bonds is 11. The maximum absolute atomic E-state index is 13.4. The fourth-order valence-electron chi connectivity index (χ4n) is 4.34. The van der Waals surface area contributed by atoms with E-state index in [-0.39, 0.29) is 50.4 Å². The number of β-lactam (4-membered cyclic amide) rings is 1. The lowest BCUT2D eigenvalue weighted by Crippen LogP contribution is -2.71. The molecule has 0 bridgehead atoms. The summed E-state index contributed by atoms with van der Waals surface area (Å²) in [5, 5.41) is 46.1. The lowest BCUT2D eigenvalue weighted by Gasteiger charge is -2.49. The molecule has 2 aliphatic rings. The van der Waals surface area contributed by atoms with Gasteiger partial charge in [0.2, 0.25) is 6.10 Å². The van der Waals surface area contributed by atoms with Crippen LogP contribution < -0.4 is 22.5 Å². The van der Waals surface area contributed by atoms with E-state index in [4.69, 9.17) is 22.0 Å². The van der Waals surface area contributed by atoms with E-state index in [0.717, 1.165) is 40.1 Å². The van der Waals surface area contributed by atoms with E-state index in [1.54, 1.807) is 0 Å². The number of nitrogens with zero attached hydrogens (tertiary/aromatic N) is 5. The number of carboxylic acids is 2. The number of carboxylic acid groups (broad SMARTS) is 2. The van der Waals surface area contributed by atoms with Crippen molar-refractivity contribution >= 4 is 81.1 Å². The van der Waals surface area contributed by atoms with Crippen LogP contribution in [0.15, 0.2) is 51.2 Å². The van der Waals surface area contributed by atoms with Crippen molar-refractivity contribution in [2.24, 2.45) is 5.16 Å². The van der Waals surface area contributed by atoms with Crippen molar-refractivity contribution < 1.29 is 44.4 Å². The number of aromatic nitrogens is 3. The Morgan fingerprint density at radius 3 is 2.43 bits per heavy atom. The zero-order chi connectivity index (χ0) is 33.3. The number of thiazole rings is 1. The van der Waals surface area contributed by atoms with Crippen LogP contribution in [0.3, 0.4) is 0 Å². The minimum atomic E-state index is -1.83. The molecule has 3 aromatic rings. The molecule has 46 heavy (non-hydrogen) atoms. The second-order valence-corrected chi connectivity index (χ2v) is 12.4. The molecular weight excluding hydrogens is 667 g/mol. The number of oxime groups is 1. The number of amides is 2. The number of phenols is 2. The molecule has 11 N–H and O–H groups in total. The monoisotopic (exact) mass is 689 g/mol. The molecule has 0 spiro atoms. The van der Waals surface area contributed by atoms with Gasteiger partial charge in [-0.15, -0.1) is 23.1 Å². The highest BCUT2D eigenvalue weighted by atomic mass is 32.2. The molecule has 5 rings (SSSR count). The van der Waals surface area contributed by atoms with E-state index in [1.807, 2.05) is 0 Å². The molecule has 3 atom stereocenters. The van der Waals surface area contributed by atoms with Crippen LogP contribution in [0.2, 0.25) is 0 Å². The van der Waals surface area contributed by atoms with E-state index in [2.05, 4.69) is 25.4 Å². The summed E-state index contributed by atoms with van der Waals surface area (Å²) in [7, 11) is 0. The number of carbonyl (C=O) groups excluding carboxylic acids is 2. The van der Waals surface area contributed by atoms with Crippen LogP contribution in [0.1, 0.15) is 17.4 Å². The number of phenolic OH excluding ortho intramolecular Hbond substituents is 2. The van der Waals surface area contributed by atoms with E-state index >= 15 is 0 Å². The number of fused-ring (bicyclic) bond motifs is 1. The number of nitrogens with two attached hydrogens (primary N) is 3. The normalized spacial score (nSPS) is 18.4. The van der Waals surface area contributed by atoms with E-state index < -0.39 is 58.5 Å². The van der Waals surface area contributed by atoms with Crippen molar-refractivity contribution in [3.8, 4) is 11.5 Å². The Morgan fingerprint density at radius 1 is 1.11 bits per heavy atom. The van der Waals surface area contributed by atoms with E-state index in [9.17, 15) is 39.6 Å². The Morgan fingerprint density at radius 2 is 1.83 bits per heavy atom. The van der Waals surface area contributed by atoms with Crippen molar-refractivity contribution in [1.82, 2.24) is 25.2 Å². The van der Waals surface area contributed by atoms with Gasteiger partial charge in [-0.05, 0) is 17.7 Å². The van der Waals surface area contributed by atoms with Gasteiger partial charge in [0, 0.05) is 28.5 Å². The molecule has 1 fully saturated rings. The van der Waals surface area contributed by atoms with Gasteiger partial charge >= 0.3 is 11.9 Å². The highest BCUT2D eigenvalue weighted by Gasteiger charge is 2.54. The second kappa shape index (κ2) is 13.0. The fourth-order valence-corrected chi connectivity index (χ4v) is 7.25. The largest absolute Gasteiger partial charge is 0.504 e. The van der Waals surface area contributed by atoms with Crippen molar-refractivity contribution in [3.05, 3.63) is 52.2 Å². The fraction of sp³-hybridized carbons (Fsp3) is 0.200. The first kappa shape index (κ1) is 32.1. The standard InChI is InChI=1S/C25H23N9O9S3/c26-13-4-14(27)31-25(30-13)46-6-9-5-44-21-16(20(38)34(21)17(9)22(39)40)32-19(37)15(10-7-45-24(28)29-10)33-43-18(23(41)42)8-1-2-11(35)12(36)3-8/h1-4,7,16,18,21,35-36H,5-6H2,(H2,28,29)(H,32,37)(H,39,40)(H,41,42)(H4,26,27,30,31)/b33-15-/t16?,18?,21-/m1/s1. The molecule has 2 aromatic heterocycles. The quantitative estimate of drug-likeness (QED) is 0.0332. The van der Waals surface area contributed by atoms with Crippen molar-refractivity contribution in [2.75, 3.05) is 28.7 Å². The molecule has 21 heteroatoms. The Bertz CT molecular complexity index is 1800. The van der Waals surface area contributed by atoms with Crippen LogP contribution in [-0.4, -0.2) is 92.7 Å². The Hall–Kier alpha value is -5.28. The van der Waals surface area contributed by atoms with Crippen LogP contribution in [0.5, 0.6) is 11.5 Å². The van der Waals surface area contributed by atoms with Crippen LogP contribution in [0.25, 0.3) is 0 Å². The summed E-state index contributed by atoms with van der Waals surface area (Å²) >= 11 is 3.26. The van der Waals surface area contributed by atoms with E-state index in [0.29, 0.717) is 5.57 Å². The molecule has 2 amide bonds. The number of hydrogen-bond donors (Lipinski definition) is 8. The smallest absolute Gasteiger partial charge is 0.352 e. The number of hydrogen-bond acceptors (Lipinski definition) is 17. The van der Waals surface area contributed by atoms with Crippen molar-refractivity contribution in [1.29, 1.82) is 0 Å². The van der Waals surface area contributed by atoms with Gasteiger partial charge in [-0.25, -0.2) is 24.5 Å². The number of nitrogens with one attached hydrogen (secondary N) is 1. The second-order valence-electron chi connectivity index (χ2n) is 9.49. The lowest BCUT2D eigenvalue weighted by atomic mass is 10.0. The van der Waals surface area contributed by atoms with Crippen molar-refractivity contribution in [3.63, 3.8) is 0 Å². The maximum atomic E-state index is 13.4. The first-order valence-corrected chi connectivity index (χ1v) is 15.7. The minimum absolute atomic E-state index is 0.0513. The predicted molar refractivity (Wildman–Crippen MR) is 166 cm³/mol. The third-order valence-electron chi connectivity index (χ3n) is 6.41. The first-order valence-electron chi connectivity index (χ1n) is 12.8. The van der Waals surface area contributed by atoms with Gasteiger partial charge in [0.25, 0.3) is 11.8 Å². The molecule has 2 unspecified atom stereocenters. The summed E-state index contributed by atoms with van der Waals surface area (Å²) in [4.78, 5) is 69.2. The minimum Gasteiger partial charge on any atom is -0.504 e. The number of aliphatic carboxylic acids is 2. The van der Waals surface area contributed by atoms with Crippen LogP contribution in [0, 0.1) is 0 Å². The highest BCUT2D eigenvalue weighted by Crippen LogP contribution is 2.41. The molecule has 2 aliphatic heterocycles. The molecule has 0 radical (unpaired) electrons. The molecule has 1 saturated heterocycles. The van der Waals surface area contributed by atoms with Crippen LogP contribution in [-0.2, 0) is 24.0 Å². The third kappa shape index (κ3) is 6.55. The van der Waals surface area contributed by atoms with Crippen molar-refractivity contribution in [2.45, 2.75) is 22.7 Å². The van der Waals surface area contributed by atoms with Gasteiger partial charge in [0.15, 0.2) is 27.5 Å². The van der Waals surface area contributed by atoms with Gasteiger partial charge < -0.3 is 47.8 Å². The average molecular weight is 690 g/mol. The van der Waals surface area contributed by atoms with Gasteiger partial charge in [-0.3, -0.25) is 14.5 Å². The van der Waals surface area contributed by atoms with Crippen LogP contribution >= 0.6 is 34.9 Å². The topological polar surface area (TPSA) is 303 Å². The first-order chi connectivity index (χ1) is 21.8. The number of aromatic hydroxyl groups is 2. The molecule has 4 heterocycles. The van der Waals surface area contributed by atoms with Crippen LogP contribution in [0.4, 0.5) is 16.8 Å². The van der Waals surface area contributed by atoms with Gasteiger partial charge in [-0.2, -0.15) is 0 Å². The summed E-state index contributed by atoms with van der Waals surface area (Å²) in [5.41, 5.74) is 16.6. The molecule has 240 valence electrons. The summed E-state index contributed by atoms with van der Waals surface area (Å²) in [6.45, 7) is 0. The molecule has 1 aromatic carbocycles. The Balaban J connectivity index is 1.35. The lowest BCUT2D eigenvalue weighted by molar-refractivity contribution is -0.151. The molecule has 18 nitrogen and oxygen atoms in total. The summed E-state index contributed by atoms with van der Waals surface area (Å²) in [5.74, 6) is -5.10. The number of benzene rings is 1. The maximum Gasteiger partial charge on any atom is 0.352 e.